The van der Waals surface area contributed by atoms with Crippen LogP contribution in [0.3, 0.4) is 0 Å². The van der Waals surface area contributed by atoms with E-state index in [0.29, 0.717) is 6.42 Å². The summed E-state index contributed by atoms with van der Waals surface area (Å²) in [4.78, 5) is 14.3. The molecule has 1 aliphatic rings. The predicted molar refractivity (Wildman–Crippen MR) is 87.2 cm³/mol. The molecule has 1 aliphatic heterocycles. The topological polar surface area (TPSA) is 41.6 Å². The summed E-state index contributed by atoms with van der Waals surface area (Å²) in [6.07, 6.45) is 6.30. The number of methoxy groups -OCH3 is 1. The molecule has 1 amide bonds. The second-order valence-electron chi connectivity index (χ2n) is 5.58. The molecule has 0 unspecified atom stereocenters. The van der Waals surface area contributed by atoms with Gasteiger partial charge in [0.15, 0.2) is 0 Å². The van der Waals surface area contributed by atoms with Gasteiger partial charge in [0.25, 0.3) is 0 Å². The van der Waals surface area contributed by atoms with Crippen molar-refractivity contribution in [1.29, 1.82) is 0 Å². The van der Waals surface area contributed by atoms with E-state index in [0.717, 1.165) is 37.4 Å². The second-order valence-corrected chi connectivity index (χ2v) is 5.58. The van der Waals surface area contributed by atoms with Gasteiger partial charge in [0.2, 0.25) is 5.91 Å². The Labute approximate surface area is 127 Å². The number of carbonyl (C=O) groups is 1. The van der Waals surface area contributed by atoms with Gasteiger partial charge in [0.05, 0.1) is 12.8 Å². The number of nitrogens with zero attached hydrogens (tertiary/aromatic N) is 1. The molecule has 116 valence electrons. The Kier molecular flexibility index (Phi) is 5.90. The monoisotopic (exact) mass is 290 g/mol. The van der Waals surface area contributed by atoms with E-state index in [9.17, 15) is 4.79 Å². The molecule has 21 heavy (non-hydrogen) atoms. The lowest BCUT2D eigenvalue weighted by Crippen LogP contribution is -2.29. The summed E-state index contributed by atoms with van der Waals surface area (Å²) in [5.74, 6) is 0.784. The Hall–Kier alpha value is -1.71. The van der Waals surface area contributed by atoms with Crippen LogP contribution in [0.15, 0.2) is 18.2 Å². The number of unbranched alkanes of at least 4 members (excludes halogenated alkanes) is 1. The van der Waals surface area contributed by atoms with Gasteiger partial charge in [0.1, 0.15) is 5.75 Å². The van der Waals surface area contributed by atoms with Gasteiger partial charge in [0, 0.05) is 25.2 Å². The molecule has 1 fully saturated rings. The minimum absolute atomic E-state index is 0.0611. The summed E-state index contributed by atoms with van der Waals surface area (Å²) in [6.45, 7) is 4.27. The zero-order valence-electron chi connectivity index (χ0n) is 13.2. The fraction of sp³-hybridized carbons (Fsp3) is 0.588. The van der Waals surface area contributed by atoms with Gasteiger partial charge in [-0.15, -0.1) is 0 Å². The highest BCUT2D eigenvalue weighted by Gasteiger charge is 2.14. The number of hydrogen-bond donors (Lipinski definition) is 1. The number of rotatable bonds is 6. The average Bonchev–Trinajstić information content (AvgIpc) is 2.53. The lowest BCUT2D eigenvalue weighted by molar-refractivity contribution is -0.116. The van der Waals surface area contributed by atoms with E-state index < -0.39 is 0 Å². The van der Waals surface area contributed by atoms with Crippen LogP contribution in [0.1, 0.15) is 45.4 Å². The minimum Gasteiger partial charge on any atom is -0.495 e. The number of anilines is 2. The third-order valence-electron chi connectivity index (χ3n) is 3.94. The average molecular weight is 290 g/mol. The van der Waals surface area contributed by atoms with Crippen LogP contribution in [-0.2, 0) is 4.79 Å². The van der Waals surface area contributed by atoms with Crippen molar-refractivity contribution in [2.75, 3.05) is 30.4 Å². The number of nitrogens with one attached hydrogen (secondary N) is 1. The molecule has 1 saturated heterocycles. The Morgan fingerprint density at radius 3 is 2.71 bits per heavy atom. The van der Waals surface area contributed by atoms with Crippen molar-refractivity contribution in [1.82, 2.24) is 0 Å². The summed E-state index contributed by atoms with van der Waals surface area (Å²) in [5.41, 5.74) is 1.95. The first-order valence-electron chi connectivity index (χ1n) is 7.97. The first-order chi connectivity index (χ1) is 10.2. The summed E-state index contributed by atoms with van der Waals surface area (Å²) in [6, 6.07) is 6.05. The highest BCUT2D eigenvalue weighted by atomic mass is 16.5. The molecule has 0 radical (unpaired) electrons. The maximum absolute atomic E-state index is 11.9. The molecular weight excluding hydrogens is 264 g/mol. The van der Waals surface area contributed by atoms with Crippen molar-refractivity contribution >= 4 is 17.3 Å². The number of hydrogen-bond acceptors (Lipinski definition) is 3. The van der Waals surface area contributed by atoms with E-state index in [4.69, 9.17) is 4.74 Å². The molecule has 4 heteroatoms. The van der Waals surface area contributed by atoms with Gasteiger partial charge in [-0.05, 0) is 43.9 Å². The Bertz CT molecular complexity index is 468. The van der Waals surface area contributed by atoms with Crippen molar-refractivity contribution < 1.29 is 9.53 Å². The van der Waals surface area contributed by atoms with E-state index in [1.807, 2.05) is 12.1 Å². The molecule has 1 aromatic rings. The van der Waals surface area contributed by atoms with Crippen LogP contribution in [-0.4, -0.2) is 26.1 Å². The van der Waals surface area contributed by atoms with Crippen molar-refractivity contribution in [3.8, 4) is 5.75 Å². The summed E-state index contributed by atoms with van der Waals surface area (Å²) < 4.78 is 5.36. The molecule has 0 atom stereocenters. The standard InChI is InChI=1S/C17H26N2O2/c1-3-4-8-17(20)18-15-13-14(9-10-16(15)21-2)19-11-6-5-7-12-19/h9-10,13H,3-8,11-12H2,1-2H3,(H,18,20). The third-order valence-corrected chi connectivity index (χ3v) is 3.94. The maximum atomic E-state index is 11.9. The maximum Gasteiger partial charge on any atom is 0.224 e. The van der Waals surface area contributed by atoms with E-state index >= 15 is 0 Å². The first kappa shape index (κ1) is 15.7. The van der Waals surface area contributed by atoms with Crippen LogP contribution < -0.4 is 15.0 Å². The van der Waals surface area contributed by atoms with Gasteiger partial charge >= 0.3 is 0 Å². The fourth-order valence-electron chi connectivity index (χ4n) is 2.69. The number of benzene rings is 1. The Morgan fingerprint density at radius 1 is 1.29 bits per heavy atom. The molecule has 0 spiro atoms. The SMILES string of the molecule is CCCCC(=O)Nc1cc(N2CCCCC2)ccc1OC. The molecule has 0 aliphatic carbocycles. The van der Waals surface area contributed by atoms with Crippen LogP contribution in [0.25, 0.3) is 0 Å². The molecule has 0 aromatic heterocycles. The van der Waals surface area contributed by atoms with Crippen molar-refractivity contribution in [2.45, 2.75) is 45.4 Å². The zero-order chi connectivity index (χ0) is 15.1. The van der Waals surface area contributed by atoms with E-state index in [1.165, 1.54) is 24.9 Å². The molecular formula is C17H26N2O2. The van der Waals surface area contributed by atoms with Crippen LogP contribution in [0.2, 0.25) is 0 Å². The highest BCUT2D eigenvalue weighted by Crippen LogP contribution is 2.31. The van der Waals surface area contributed by atoms with Gasteiger partial charge in [-0.1, -0.05) is 13.3 Å². The Morgan fingerprint density at radius 2 is 2.05 bits per heavy atom. The van der Waals surface area contributed by atoms with Crippen molar-refractivity contribution in [2.24, 2.45) is 0 Å². The minimum atomic E-state index is 0.0611. The highest BCUT2D eigenvalue weighted by molar-refractivity contribution is 5.93. The summed E-state index contributed by atoms with van der Waals surface area (Å²) in [5, 5.41) is 2.99. The van der Waals surface area contributed by atoms with Crippen LogP contribution in [0, 0.1) is 0 Å². The number of amides is 1. The van der Waals surface area contributed by atoms with Gasteiger partial charge in [-0.2, -0.15) is 0 Å². The molecule has 0 bridgehead atoms. The van der Waals surface area contributed by atoms with Crippen LogP contribution in [0.4, 0.5) is 11.4 Å². The van der Waals surface area contributed by atoms with E-state index in [2.05, 4.69) is 23.2 Å². The van der Waals surface area contributed by atoms with Crippen molar-refractivity contribution in [3.05, 3.63) is 18.2 Å². The predicted octanol–water partition coefficient (Wildman–Crippen LogP) is 3.81. The molecule has 4 nitrogen and oxygen atoms in total. The first-order valence-corrected chi connectivity index (χ1v) is 7.97. The van der Waals surface area contributed by atoms with E-state index in [-0.39, 0.29) is 5.91 Å². The fourth-order valence-corrected chi connectivity index (χ4v) is 2.69. The van der Waals surface area contributed by atoms with Crippen molar-refractivity contribution in [3.63, 3.8) is 0 Å². The summed E-state index contributed by atoms with van der Waals surface area (Å²) in [7, 11) is 1.64. The normalized spacial score (nSPS) is 14.9. The molecule has 1 heterocycles. The molecule has 1 aromatic carbocycles. The third kappa shape index (κ3) is 4.38. The number of piperidine rings is 1. The largest absolute Gasteiger partial charge is 0.495 e. The smallest absolute Gasteiger partial charge is 0.224 e. The van der Waals surface area contributed by atoms with Crippen LogP contribution in [0.5, 0.6) is 5.75 Å². The van der Waals surface area contributed by atoms with Gasteiger partial charge < -0.3 is 15.0 Å². The second kappa shape index (κ2) is 7.91. The van der Waals surface area contributed by atoms with Gasteiger partial charge in [-0.25, -0.2) is 0 Å². The Balaban J connectivity index is 2.11. The molecule has 0 saturated carbocycles. The quantitative estimate of drug-likeness (QED) is 0.866. The van der Waals surface area contributed by atoms with E-state index in [1.54, 1.807) is 7.11 Å². The van der Waals surface area contributed by atoms with Crippen LogP contribution >= 0.6 is 0 Å². The number of ether oxygens (including phenoxy) is 1. The zero-order valence-corrected chi connectivity index (χ0v) is 13.2. The van der Waals surface area contributed by atoms with Gasteiger partial charge in [-0.3, -0.25) is 4.79 Å². The summed E-state index contributed by atoms with van der Waals surface area (Å²) >= 11 is 0. The lowest BCUT2D eigenvalue weighted by atomic mass is 10.1. The molecule has 1 N–H and O–H groups in total. The lowest BCUT2D eigenvalue weighted by Gasteiger charge is -2.29. The molecule has 2 rings (SSSR count). The number of carbonyl (C=O) groups excluding carboxylic acids is 1.